The molecule has 202 valence electrons. The van der Waals surface area contributed by atoms with Crippen LogP contribution in [0.15, 0.2) is 126 Å². The van der Waals surface area contributed by atoms with E-state index in [0.29, 0.717) is 18.8 Å². The highest BCUT2D eigenvalue weighted by molar-refractivity contribution is 6.10. The van der Waals surface area contributed by atoms with E-state index in [4.69, 9.17) is 9.15 Å². The first kappa shape index (κ1) is 24.0. The Bertz CT molecular complexity index is 2450. The summed E-state index contributed by atoms with van der Waals surface area (Å²) in [6.45, 7) is 1.13. The summed E-state index contributed by atoms with van der Waals surface area (Å²) in [5, 5.41) is 14.0. The molecule has 9 rings (SSSR count). The fraction of sp³-hybridized carbons (Fsp3) is 0.0513. The molecule has 0 bridgehead atoms. The predicted octanol–water partition coefficient (Wildman–Crippen LogP) is 9.92. The standard InChI is InChI=1S/C39H24N2O2/c40-21-24-9-15-37-34(17-24)30-5-1-3-7-36(30)41(37)29-14-12-28-23-42-22-27-11-10-25(18-32(27)33(28)20-29)26-13-16-39-35(19-26)31-6-2-4-8-38(31)43-39/h1-20H,22-23H2. The molecule has 0 saturated heterocycles. The number of aromatic nitrogens is 1. The van der Waals surface area contributed by atoms with E-state index in [1.165, 1.54) is 22.3 Å². The molecule has 43 heavy (non-hydrogen) atoms. The monoisotopic (exact) mass is 552 g/mol. The van der Waals surface area contributed by atoms with E-state index in [2.05, 4.69) is 108 Å². The van der Waals surface area contributed by atoms with Gasteiger partial charge in [0.25, 0.3) is 0 Å². The van der Waals surface area contributed by atoms with Gasteiger partial charge in [-0.05, 0) is 94.0 Å². The zero-order valence-corrected chi connectivity index (χ0v) is 23.2. The van der Waals surface area contributed by atoms with Gasteiger partial charge in [-0.15, -0.1) is 0 Å². The van der Waals surface area contributed by atoms with Crippen molar-refractivity contribution in [1.29, 1.82) is 5.26 Å². The van der Waals surface area contributed by atoms with Crippen LogP contribution in [0.3, 0.4) is 0 Å². The van der Waals surface area contributed by atoms with Crippen molar-refractivity contribution in [3.05, 3.63) is 138 Å². The van der Waals surface area contributed by atoms with Crippen molar-refractivity contribution in [2.45, 2.75) is 13.2 Å². The lowest BCUT2D eigenvalue weighted by molar-refractivity contribution is 0.110. The molecule has 6 aromatic carbocycles. The van der Waals surface area contributed by atoms with Crippen molar-refractivity contribution in [2.75, 3.05) is 0 Å². The van der Waals surface area contributed by atoms with Gasteiger partial charge in [0.2, 0.25) is 0 Å². The maximum Gasteiger partial charge on any atom is 0.135 e. The molecule has 0 amide bonds. The number of furan rings is 1. The molecule has 0 unspecified atom stereocenters. The van der Waals surface area contributed by atoms with Gasteiger partial charge in [0, 0.05) is 27.2 Å². The van der Waals surface area contributed by atoms with Crippen LogP contribution in [0.4, 0.5) is 0 Å². The maximum atomic E-state index is 9.56. The molecule has 0 fully saturated rings. The highest BCUT2D eigenvalue weighted by Gasteiger charge is 2.19. The first-order valence-corrected chi connectivity index (χ1v) is 14.4. The van der Waals surface area contributed by atoms with E-state index in [9.17, 15) is 5.26 Å². The van der Waals surface area contributed by atoms with Crippen LogP contribution in [-0.2, 0) is 18.0 Å². The number of para-hydroxylation sites is 2. The zero-order chi connectivity index (χ0) is 28.5. The van der Waals surface area contributed by atoms with Crippen LogP contribution in [-0.4, -0.2) is 4.57 Å². The van der Waals surface area contributed by atoms with Crippen molar-refractivity contribution < 1.29 is 9.15 Å². The average Bonchev–Trinajstić information content (AvgIpc) is 3.53. The molecule has 8 aromatic rings. The summed E-state index contributed by atoms with van der Waals surface area (Å²) in [4.78, 5) is 0. The number of fused-ring (bicyclic) bond motifs is 9. The lowest BCUT2D eigenvalue weighted by atomic mass is 9.92. The van der Waals surface area contributed by atoms with Gasteiger partial charge in [-0.1, -0.05) is 60.7 Å². The second kappa shape index (κ2) is 9.19. The van der Waals surface area contributed by atoms with Crippen molar-refractivity contribution in [3.8, 4) is 34.0 Å². The summed E-state index contributed by atoms with van der Waals surface area (Å²) in [6.07, 6.45) is 0. The molecule has 4 nitrogen and oxygen atoms in total. The molecule has 1 aliphatic rings. The number of nitriles is 1. The highest BCUT2D eigenvalue weighted by Crippen LogP contribution is 2.39. The van der Waals surface area contributed by atoms with Crippen LogP contribution in [0.5, 0.6) is 0 Å². The minimum atomic E-state index is 0.561. The summed E-state index contributed by atoms with van der Waals surface area (Å²) in [5.74, 6) is 0. The molecule has 0 aliphatic carbocycles. The molecule has 4 heteroatoms. The molecule has 0 saturated carbocycles. The first-order valence-electron chi connectivity index (χ1n) is 14.4. The SMILES string of the molecule is N#Cc1ccc2c(c1)c1ccccc1n2-c1ccc2c(c1)-c1cc(-c3ccc4oc5ccccc5c4c3)ccc1COC2. The number of nitrogens with zero attached hydrogens (tertiary/aromatic N) is 2. The summed E-state index contributed by atoms with van der Waals surface area (Å²) < 4.78 is 14.5. The Morgan fingerprint density at radius 3 is 2.14 bits per heavy atom. The number of ether oxygens (including phenoxy) is 1. The van der Waals surface area contributed by atoms with Gasteiger partial charge in [-0.25, -0.2) is 0 Å². The quantitative estimate of drug-likeness (QED) is 0.214. The normalized spacial score (nSPS) is 12.8. The Labute approximate surface area is 247 Å². The molecule has 2 aromatic heterocycles. The van der Waals surface area contributed by atoms with E-state index in [1.54, 1.807) is 0 Å². The predicted molar refractivity (Wildman–Crippen MR) is 172 cm³/mol. The maximum absolute atomic E-state index is 9.56. The fourth-order valence-corrected chi connectivity index (χ4v) is 6.71. The molecule has 0 atom stereocenters. The molecule has 0 N–H and O–H groups in total. The van der Waals surface area contributed by atoms with Crippen LogP contribution < -0.4 is 0 Å². The topological polar surface area (TPSA) is 51.1 Å². The second-order valence-corrected chi connectivity index (χ2v) is 11.2. The molecular weight excluding hydrogens is 528 g/mol. The van der Waals surface area contributed by atoms with Crippen LogP contribution in [0.2, 0.25) is 0 Å². The van der Waals surface area contributed by atoms with E-state index in [0.717, 1.165) is 60.6 Å². The lowest BCUT2D eigenvalue weighted by Crippen LogP contribution is -1.97. The van der Waals surface area contributed by atoms with E-state index in [1.807, 2.05) is 24.3 Å². The Balaban J connectivity index is 1.23. The van der Waals surface area contributed by atoms with Gasteiger partial charge in [0.15, 0.2) is 0 Å². The summed E-state index contributed by atoms with van der Waals surface area (Å²) in [5.41, 5.74) is 12.8. The molecule has 0 radical (unpaired) electrons. The van der Waals surface area contributed by atoms with Crippen molar-refractivity contribution in [2.24, 2.45) is 0 Å². The Morgan fingerprint density at radius 1 is 0.558 bits per heavy atom. The minimum absolute atomic E-state index is 0.561. The number of rotatable bonds is 2. The zero-order valence-electron chi connectivity index (χ0n) is 23.2. The first-order chi connectivity index (χ1) is 21.2. The summed E-state index contributed by atoms with van der Waals surface area (Å²) in [7, 11) is 0. The van der Waals surface area contributed by atoms with Gasteiger partial charge in [-0.3, -0.25) is 0 Å². The second-order valence-electron chi connectivity index (χ2n) is 11.2. The van der Waals surface area contributed by atoms with Crippen LogP contribution in [0, 0.1) is 11.3 Å². The largest absolute Gasteiger partial charge is 0.456 e. The minimum Gasteiger partial charge on any atom is -0.456 e. The van der Waals surface area contributed by atoms with Crippen molar-refractivity contribution >= 4 is 43.7 Å². The average molecular weight is 553 g/mol. The van der Waals surface area contributed by atoms with Crippen LogP contribution >= 0.6 is 0 Å². The van der Waals surface area contributed by atoms with Crippen LogP contribution in [0.25, 0.3) is 71.7 Å². The Morgan fingerprint density at radius 2 is 1.26 bits per heavy atom. The molecule has 0 spiro atoms. The number of hydrogen-bond acceptors (Lipinski definition) is 3. The van der Waals surface area contributed by atoms with Crippen molar-refractivity contribution in [1.82, 2.24) is 4.57 Å². The number of hydrogen-bond donors (Lipinski definition) is 0. The van der Waals surface area contributed by atoms with Gasteiger partial charge in [-0.2, -0.15) is 5.26 Å². The summed E-state index contributed by atoms with van der Waals surface area (Å²) >= 11 is 0. The van der Waals surface area contributed by atoms with E-state index < -0.39 is 0 Å². The van der Waals surface area contributed by atoms with Crippen molar-refractivity contribution in [3.63, 3.8) is 0 Å². The van der Waals surface area contributed by atoms with Gasteiger partial charge >= 0.3 is 0 Å². The van der Waals surface area contributed by atoms with E-state index in [-0.39, 0.29) is 0 Å². The fourth-order valence-electron chi connectivity index (χ4n) is 6.71. The summed E-state index contributed by atoms with van der Waals surface area (Å²) in [6, 6.07) is 44.7. The van der Waals surface area contributed by atoms with E-state index >= 15 is 0 Å². The van der Waals surface area contributed by atoms with Gasteiger partial charge in [0.1, 0.15) is 11.2 Å². The van der Waals surface area contributed by atoms with Gasteiger partial charge in [0.05, 0.1) is 35.9 Å². The molecule has 3 heterocycles. The Hall–Kier alpha value is -5.63. The number of benzene rings is 6. The third kappa shape index (κ3) is 3.66. The third-order valence-electron chi connectivity index (χ3n) is 8.78. The lowest BCUT2D eigenvalue weighted by Gasteiger charge is -2.15. The highest BCUT2D eigenvalue weighted by atomic mass is 16.5. The smallest absolute Gasteiger partial charge is 0.135 e. The molecular formula is C39H24N2O2. The third-order valence-corrected chi connectivity index (χ3v) is 8.78. The van der Waals surface area contributed by atoms with Gasteiger partial charge < -0.3 is 13.7 Å². The van der Waals surface area contributed by atoms with Crippen LogP contribution in [0.1, 0.15) is 16.7 Å². The Kier molecular flexibility index (Phi) is 5.13. The molecule has 1 aliphatic heterocycles.